The lowest BCUT2D eigenvalue weighted by atomic mass is 10.1. The van der Waals surface area contributed by atoms with Crippen LogP contribution in [-0.4, -0.2) is 31.9 Å². The van der Waals surface area contributed by atoms with Crippen LogP contribution in [0.25, 0.3) is 0 Å². The van der Waals surface area contributed by atoms with Gasteiger partial charge in [0.15, 0.2) is 5.13 Å². The Morgan fingerprint density at radius 3 is 2.86 bits per heavy atom. The van der Waals surface area contributed by atoms with E-state index in [0.29, 0.717) is 10.7 Å². The number of anilines is 1. The summed E-state index contributed by atoms with van der Waals surface area (Å²) in [6, 6.07) is 8.02. The molecule has 6 nitrogen and oxygen atoms in total. The van der Waals surface area contributed by atoms with Crippen molar-refractivity contribution < 1.29 is 4.79 Å². The van der Waals surface area contributed by atoms with Crippen LogP contribution in [0.15, 0.2) is 42.2 Å². The molecular formula is C21H25N5OS. The summed E-state index contributed by atoms with van der Waals surface area (Å²) in [4.78, 5) is 24.1. The largest absolute Gasteiger partial charge is 0.340 e. The van der Waals surface area contributed by atoms with Crippen molar-refractivity contribution in [3.8, 4) is 0 Å². The molecule has 2 aromatic heterocycles. The maximum atomic E-state index is 12.5. The fourth-order valence-corrected chi connectivity index (χ4v) is 4.42. The molecule has 0 aliphatic carbocycles. The van der Waals surface area contributed by atoms with Crippen molar-refractivity contribution in [1.82, 2.24) is 19.4 Å². The van der Waals surface area contributed by atoms with Gasteiger partial charge in [0, 0.05) is 30.7 Å². The van der Waals surface area contributed by atoms with Gasteiger partial charge in [0.1, 0.15) is 0 Å². The lowest BCUT2D eigenvalue weighted by Crippen LogP contribution is -2.23. The Labute approximate surface area is 169 Å². The number of hydrogen-bond donors (Lipinski definition) is 1. The van der Waals surface area contributed by atoms with Crippen LogP contribution < -0.4 is 5.32 Å². The number of amides is 1. The number of hydrogen-bond acceptors (Lipinski definition) is 5. The Morgan fingerprint density at radius 1 is 1.32 bits per heavy atom. The standard InChI is InChI=1S/C21H25N5OS/c1-3-15-6-8-16(9-7-15)20(27)24-21-23-18(13-28-21)19-5-4-10-26(19)12-17-11-25(2)14-22-17/h6-9,11,13-14,19H,3-5,10,12H2,1-2H3,(H,23,24,27)/t19-/m1/s1. The minimum atomic E-state index is -0.111. The fraction of sp³-hybridized carbons (Fsp3) is 0.381. The lowest BCUT2D eigenvalue weighted by Gasteiger charge is -2.21. The van der Waals surface area contributed by atoms with Gasteiger partial charge in [0.05, 0.1) is 23.8 Å². The number of benzene rings is 1. The zero-order valence-corrected chi connectivity index (χ0v) is 17.1. The third-order valence-corrected chi connectivity index (χ3v) is 5.97. The Morgan fingerprint density at radius 2 is 2.14 bits per heavy atom. The predicted octanol–water partition coefficient (Wildman–Crippen LogP) is 4.03. The second kappa shape index (κ2) is 8.24. The molecule has 7 heteroatoms. The van der Waals surface area contributed by atoms with E-state index in [9.17, 15) is 4.79 Å². The van der Waals surface area contributed by atoms with Crippen LogP contribution in [0.3, 0.4) is 0 Å². The Bertz CT molecular complexity index is 946. The van der Waals surface area contributed by atoms with Crippen molar-refractivity contribution in [3.05, 3.63) is 64.7 Å². The maximum absolute atomic E-state index is 12.5. The van der Waals surface area contributed by atoms with E-state index in [1.54, 1.807) is 0 Å². The lowest BCUT2D eigenvalue weighted by molar-refractivity contribution is 0.102. The smallest absolute Gasteiger partial charge is 0.257 e. The topological polar surface area (TPSA) is 63.1 Å². The summed E-state index contributed by atoms with van der Waals surface area (Å²) in [6.07, 6.45) is 7.10. The minimum Gasteiger partial charge on any atom is -0.340 e. The second-order valence-electron chi connectivity index (χ2n) is 7.24. The van der Waals surface area contributed by atoms with Crippen molar-refractivity contribution in [2.75, 3.05) is 11.9 Å². The molecular weight excluding hydrogens is 370 g/mol. The monoisotopic (exact) mass is 395 g/mol. The summed E-state index contributed by atoms with van der Waals surface area (Å²) in [5.74, 6) is -0.111. The number of nitrogens with zero attached hydrogens (tertiary/aromatic N) is 4. The Balaban J connectivity index is 1.42. The third kappa shape index (κ3) is 4.15. The average Bonchev–Trinajstić information content (AvgIpc) is 3.44. The summed E-state index contributed by atoms with van der Waals surface area (Å²) in [6.45, 7) is 3.98. The molecule has 3 heterocycles. The first-order valence-corrected chi connectivity index (χ1v) is 10.6. The molecule has 1 atom stereocenters. The zero-order chi connectivity index (χ0) is 19.5. The molecule has 0 saturated carbocycles. The van der Waals surface area contributed by atoms with Crippen LogP contribution in [0.2, 0.25) is 0 Å². The molecule has 1 aliphatic rings. The molecule has 28 heavy (non-hydrogen) atoms. The van der Waals surface area contributed by atoms with E-state index in [1.807, 2.05) is 42.2 Å². The van der Waals surface area contributed by atoms with Gasteiger partial charge < -0.3 is 4.57 Å². The first-order valence-electron chi connectivity index (χ1n) is 9.69. The first kappa shape index (κ1) is 18.8. The minimum absolute atomic E-state index is 0.111. The summed E-state index contributed by atoms with van der Waals surface area (Å²) in [7, 11) is 1.99. The van der Waals surface area contributed by atoms with Crippen LogP contribution >= 0.6 is 11.3 Å². The highest BCUT2D eigenvalue weighted by molar-refractivity contribution is 7.14. The number of likely N-dealkylation sites (tertiary alicyclic amines) is 1. The molecule has 4 rings (SSSR count). The highest BCUT2D eigenvalue weighted by Gasteiger charge is 2.28. The summed E-state index contributed by atoms with van der Waals surface area (Å²) < 4.78 is 1.98. The predicted molar refractivity (Wildman–Crippen MR) is 111 cm³/mol. The number of thiazole rings is 1. The highest BCUT2D eigenvalue weighted by atomic mass is 32.1. The maximum Gasteiger partial charge on any atom is 0.257 e. The van der Waals surface area contributed by atoms with Gasteiger partial charge in [-0.25, -0.2) is 9.97 Å². The van der Waals surface area contributed by atoms with Crippen LogP contribution in [0, 0.1) is 0 Å². The van der Waals surface area contributed by atoms with Crippen LogP contribution in [0.1, 0.15) is 53.1 Å². The SMILES string of the molecule is CCc1ccc(C(=O)Nc2nc([C@H]3CCCN3Cc3cn(C)cn3)cs2)cc1. The van der Waals surface area contributed by atoms with Crippen LogP contribution in [0.5, 0.6) is 0 Å². The van der Waals surface area contributed by atoms with E-state index in [2.05, 4.69) is 33.7 Å². The Kier molecular flexibility index (Phi) is 5.54. The van der Waals surface area contributed by atoms with Gasteiger partial charge in [-0.05, 0) is 43.5 Å². The van der Waals surface area contributed by atoms with E-state index in [4.69, 9.17) is 4.98 Å². The van der Waals surface area contributed by atoms with Crippen molar-refractivity contribution in [3.63, 3.8) is 0 Å². The summed E-state index contributed by atoms with van der Waals surface area (Å²) in [5, 5.41) is 5.67. The van der Waals surface area contributed by atoms with E-state index in [0.717, 1.165) is 43.7 Å². The molecule has 1 amide bonds. The van der Waals surface area contributed by atoms with Gasteiger partial charge >= 0.3 is 0 Å². The van der Waals surface area contributed by atoms with Gasteiger partial charge in [0.25, 0.3) is 5.91 Å². The van der Waals surface area contributed by atoms with E-state index < -0.39 is 0 Å². The summed E-state index contributed by atoms with van der Waals surface area (Å²) in [5.41, 5.74) is 4.00. The normalized spacial score (nSPS) is 17.1. The van der Waals surface area contributed by atoms with Crippen LogP contribution in [-0.2, 0) is 20.0 Å². The zero-order valence-electron chi connectivity index (χ0n) is 16.3. The molecule has 0 unspecified atom stereocenters. The number of imidazole rings is 1. The van der Waals surface area contributed by atoms with Gasteiger partial charge in [-0.1, -0.05) is 19.1 Å². The molecule has 1 N–H and O–H groups in total. The molecule has 146 valence electrons. The van der Waals surface area contributed by atoms with E-state index >= 15 is 0 Å². The number of carbonyl (C=O) groups is 1. The average molecular weight is 396 g/mol. The Hall–Kier alpha value is -2.51. The van der Waals surface area contributed by atoms with Crippen molar-refractivity contribution in [2.45, 2.75) is 38.8 Å². The number of carbonyl (C=O) groups excluding carboxylic acids is 1. The van der Waals surface area contributed by atoms with Gasteiger partial charge in [-0.2, -0.15) is 0 Å². The summed E-state index contributed by atoms with van der Waals surface area (Å²) >= 11 is 1.49. The quantitative estimate of drug-likeness (QED) is 0.684. The van der Waals surface area contributed by atoms with E-state index in [-0.39, 0.29) is 11.9 Å². The number of nitrogens with one attached hydrogen (secondary N) is 1. The van der Waals surface area contributed by atoms with Crippen molar-refractivity contribution in [2.24, 2.45) is 7.05 Å². The van der Waals surface area contributed by atoms with Crippen LogP contribution in [0.4, 0.5) is 5.13 Å². The number of rotatable bonds is 6. The van der Waals surface area contributed by atoms with E-state index in [1.165, 1.54) is 16.9 Å². The first-order chi connectivity index (χ1) is 13.6. The molecule has 1 aliphatic heterocycles. The third-order valence-electron chi connectivity index (χ3n) is 5.20. The van der Waals surface area contributed by atoms with Crippen molar-refractivity contribution >= 4 is 22.4 Å². The molecule has 3 aromatic rings. The number of aromatic nitrogens is 3. The molecule has 0 radical (unpaired) electrons. The number of aryl methyl sites for hydroxylation is 2. The molecule has 1 fully saturated rings. The van der Waals surface area contributed by atoms with Crippen molar-refractivity contribution in [1.29, 1.82) is 0 Å². The molecule has 1 aromatic carbocycles. The fourth-order valence-electron chi connectivity index (χ4n) is 3.66. The molecule has 0 bridgehead atoms. The highest BCUT2D eigenvalue weighted by Crippen LogP contribution is 2.34. The second-order valence-corrected chi connectivity index (χ2v) is 8.10. The molecule has 0 spiro atoms. The van der Waals surface area contributed by atoms with Gasteiger partial charge in [-0.15, -0.1) is 11.3 Å². The van der Waals surface area contributed by atoms with Gasteiger partial charge in [-0.3, -0.25) is 15.0 Å². The molecule has 1 saturated heterocycles. The van der Waals surface area contributed by atoms with Gasteiger partial charge in [0.2, 0.25) is 0 Å².